The van der Waals surface area contributed by atoms with E-state index in [0.717, 1.165) is 5.82 Å². The van der Waals surface area contributed by atoms with Crippen LogP contribution in [0.15, 0.2) is 47.8 Å². The van der Waals surface area contributed by atoms with Crippen molar-refractivity contribution in [2.24, 2.45) is 4.99 Å². The Labute approximate surface area is 112 Å². The monoisotopic (exact) mass is 256 g/mol. The van der Waals surface area contributed by atoms with Gasteiger partial charge in [-0.05, 0) is 12.5 Å². The largest absolute Gasteiger partial charge is 0.463 e. The number of hydrogen-bond donors (Lipinski definition) is 1. The molecule has 1 aliphatic heterocycles. The summed E-state index contributed by atoms with van der Waals surface area (Å²) in [7, 11) is 0. The zero-order valence-electron chi connectivity index (χ0n) is 10.8. The number of anilines is 1. The van der Waals surface area contributed by atoms with Gasteiger partial charge in [0, 0.05) is 0 Å². The predicted molar refractivity (Wildman–Crippen MR) is 74.4 cm³/mol. The summed E-state index contributed by atoms with van der Waals surface area (Å²) >= 11 is 0. The van der Waals surface area contributed by atoms with Crippen molar-refractivity contribution in [2.75, 3.05) is 18.5 Å². The van der Waals surface area contributed by atoms with Crippen LogP contribution in [0.25, 0.3) is 0 Å². The summed E-state index contributed by atoms with van der Waals surface area (Å²) < 4.78 is 7.43. The van der Waals surface area contributed by atoms with Crippen molar-refractivity contribution in [3.05, 3.63) is 48.4 Å². The Kier molecular flexibility index (Phi) is 3.18. The number of rotatable bonds is 3. The highest BCUT2D eigenvalue weighted by molar-refractivity contribution is 5.88. The summed E-state index contributed by atoms with van der Waals surface area (Å²) in [4.78, 5) is 8.43. The van der Waals surface area contributed by atoms with Gasteiger partial charge >= 0.3 is 0 Å². The molecule has 2 aromatic rings. The normalized spacial score (nSPS) is 15.7. The van der Waals surface area contributed by atoms with Gasteiger partial charge < -0.3 is 9.30 Å². The maximum absolute atomic E-state index is 5.36. The first-order valence-corrected chi connectivity index (χ1v) is 6.35. The number of imidazole rings is 1. The lowest BCUT2D eigenvalue weighted by Gasteiger charge is -2.17. The van der Waals surface area contributed by atoms with Gasteiger partial charge in [0.25, 0.3) is 6.02 Å². The lowest BCUT2D eigenvalue weighted by molar-refractivity contribution is 0.346. The molecule has 2 heterocycles. The summed E-state index contributed by atoms with van der Waals surface area (Å²) in [6, 6.07) is 11.1. The van der Waals surface area contributed by atoms with E-state index in [1.165, 1.54) is 5.56 Å². The summed E-state index contributed by atoms with van der Waals surface area (Å²) in [5.41, 5.74) is 1.23. The fraction of sp³-hybridized carbons (Fsp3) is 0.286. The molecule has 0 amide bonds. The lowest BCUT2D eigenvalue weighted by Crippen LogP contribution is -2.17. The van der Waals surface area contributed by atoms with Crippen LogP contribution in [0.2, 0.25) is 0 Å². The van der Waals surface area contributed by atoms with E-state index in [1.54, 1.807) is 6.20 Å². The molecule has 0 saturated heterocycles. The van der Waals surface area contributed by atoms with Crippen LogP contribution >= 0.6 is 0 Å². The van der Waals surface area contributed by atoms with Crippen LogP contribution in [0.3, 0.4) is 0 Å². The van der Waals surface area contributed by atoms with Crippen molar-refractivity contribution < 1.29 is 4.74 Å². The number of nitrogens with one attached hydrogen (secondary N) is 1. The van der Waals surface area contributed by atoms with Crippen LogP contribution in [0.4, 0.5) is 5.82 Å². The van der Waals surface area contributed by atoms with Gasteiger partial charge in [0.1, 0.15) is 12.4 Å². The van der Waals surface area contributed by atoms with Crippen LogP contribution < -0.4 is 5.32 Å². The van der Waals surface area contributed by atoms with Gasteiger partial charge in [-0.3, -0.25) is 5.32 Å². The quantitative estimate of drug-likeness (QED) is 0.916. The first-order valence-electron chi connectivity index (χ1n) is 6.35. The predicted octanol–water partition coefficient (Wildman–Crippen LogP) is 2.29. The Morgan fingerprint density at radius 3 is 2.89 bits per heavy atom. The zero-order valence-corrected chi connectivity index (χ0v) is 10.8. The molecule has 0 spiro atoms. The van der Waals surface area contributed by atoms with Gasteiger partial charge in [-0.25, -0.2) is 9.98 Å². The second-order valence-electron chi connectivity index (χ2n) is 4.43. The van der Waals surface area contributed by atoms with Crippen molar-refractivity contribution in [1.29, 1.82) is 0 Å². The molecule has 5 nitrogen and oxygen atoms in total. The van der Waals surface area contributed by atoms with Crippen LogP contribution in [-0.4, -0.2) is 28.7 Å². The van der Waals surface area contributed by atoms with E-state index in [2.05, 4.69) is 38.9 Å². The van der Waals surface area contributed by atoms with E-state index in [4.69, 9.17) is 4.74 Å². The molecular formula is C14H16N4O. The Hall–Kier alpha value is -2.30. The van der Waals surface area contributed by atoms with Gasteiger partial charge in [-0.15, -0.1) is 0 Å². The highest BCUT2D eigenvalue weighted by atomic mass is 16.5. The van der Waals surface area contributed by atoms with Crippen LogP contribution in [0.1, 0.15) is 18.5 Å². The highest BCUT2D eigenvalue weighted by Crippen LogP contribution is 2.22. The number of nitrogens with zero attached hydrogens (tertiary/aromatic N) is 3. The third-order valence-corrected chi connectivity index (χ3v) is 3.19. The maximum Gasteiger partial charge on any atom is 0.290 e. The van der Waals surface area contributed by atoms with Crippen molar-refractivity contribution >= 4 is 11.8 Å². The number of aromatic nitrogens is 2. The maximum atomic E-state index is 5.36. The lowest BCUT2D eigenvalue weighted by atomic mass is 10.1. The van der Waals surface area contributed by atoms with Crippen molar-refractivity contribution in [3.63, 3.8) is 0 Å². The molecular weight excluding hydrogens is 240 g/mol. The van der Waals surface area contributed by atoms with Crippen LogP contribution in [0, 0.1) is 0 Å². The topological polar surface area (TPSA) is 51.4 Å². The van der Waals surface area contributed by atoms with Crippen molar-refractivity contribution in [1.82, 2.24) is 9.55 Å². The number of benzene rings is 1. The average Bonchev–Trinajstić information content (AvgIpc) is 3.11. The summed E-state index contributed by atoms with van der Waals surface area (Å²) in [6.45, 7) is 3.49. The molecule has 1 aromatic heterocycles. The van der Waals surface area contributed by atoms with Crippen molar-refractivity contribution in [3.8, 4) is 0 Å². The number of hydrogen-bond acceptors (Lipinski definition) is 4. The molecule has 3 rings (SSSR count). The third-order valence-electron chi connectivity index (χ3n) is 3.19. The molecule has 1 atom stereocenters. The standard InChI is InChI=1S/C14H16N4O/c1-11(12-5-3-2-4-6-12)18-10-15-9-13(18)17-14-16-7-8-19-14/h2-6,9-11H,7-8H2,1H3,(H,16,17). The first kappa shape index (κ1) is 11.8. The Bertz CT molecular complexity index is 576. The van der Waals surface area contributed by atoms with E-state index in [-0.39, 0.29) is 6.04 Å². The molecule has 1 unspecified atom stereocenters. The minimum atomic E-state index is 0.202. The Morgan fingerprint density at radius 1 is 1.32 bits per heavy atom. The Morgan fingerprint density at radius 2 is 2.16 bits per heavy atom. The minimum Gasteiger partial charge on any atom is -0.463 e. The van der Waals surface area contributed by atoms with E-state index in [0.29, 0.717) is 19.2 Å². The summed E-state index contributed by atoms with van der Waals surface area (Å²) in [5, 5.41) is 3.17. The number of amidine groups is 1. The highest BCUT2D eigenvalue weighted by Gasteiger charge is 2.14. The fourth-order valence-electron chi connectivity index (χ4n) is 2.12. The average molecular weight is 256 g/mol. The third kappa shape index (κ3) is 2.45. The van der Waals surface area contributed by atoms with Crippen LogP contribution in [-0.2, 0) is 4.74 Å². The molecule has 1 N–H and O–H groups in total. The molecule has 1 aromatic carbocycles. The van der Waals surface area contributed by atoms with Gasteiger partial charge in [0.05, 0.1) is 25.1 Å². The smallest absolute Gasteiger partial charge is 0.290 e. The van der Waals surface area contributed by atoms with E-state index in [9.17, 15) is 0 Å². The van der Waals surface area contributed by atoms with E-state index in [1.807, 2.05) is 24.5 Å². The summed E-state index contributed by atoms with van der Waals surface area (Å²) in [6.07, 6.45) is 3.60. The SMILES string of the molecule is CC(c1ccccc1)n1cncc1NC1=NCCO1. The molecule has 0 bridgehead atoms. The van der Waals surface area contributed by atoms with E-state index < -0.39 is 0 Å². The van der Waals surface area contributed by atoms with Gasteiger partial charge in [0.2, 0.25) is 0 Å². The molecule has 0 radical (unpaired) electrons. The molecule has 19 heavy (non-hydrogen) atoms. The molecule has 1 aliphatic rings. The molecule has 0 fully saturated rings. The second kappa shape index (κ2) is 5.14. The zero-order chi connectivity index (χ0) is 13.1. The van der Waals surface area contributed by atoms with Crippen molar-refractivity contribution in [2.45, 2.75) is 13.0 Å². The van der Waals surface area contributed by atoms with Gasteiger partial charge in [-0.1, -0.05) is 30.3 Å². The fourth-order valence-corrected chi connectivity index (χ4v) is 2.12. The number of aliphatic imine (C=N–C) groups is 1. The Balaban J connectivity index is 1.83. The molecule has 0 aliphatic carbocycles. The first-order chi connectivity index (χ1) is 9.34. The second-order valence-corrected chi connectivity index (χ2v) is 4.43. The number of ether oxygens (including phenoxy) is 1. The minimum absolute atomic E-state index is 0.202. The molecule has 98 valence electrons. The van der Waals surface area contributed by atoms with Gasteiger partial charge in [-0.2, -0.15) is 0 Å². The van der Waals surface area contributed by atoms with Crippen LogP contribution in [0.5, 0.6) is 0 Å². The van der Waals surface area contributed by atoms with E-state index >= 15 is 0 Å². The molecule has 0 saturated carbocycles. The summed E-state index contributed by atoms with van der Waals surface area (Å²) in [5.74, 6) is 0.886. The molecule has 5 heteroatoms. The van der Waals surface area contributed by atoms with Gasteiger partial charge in [0.15, 0.2) is 0 Å².